The van der Waals surface area contributed by atoms with Crippen LogP contribution in [0.5, 0.6) is 5.75 Å². The van der Waals surface area contributed by atoms with Crippen molar-refractivity contribution in [2.24, 2.45) is 0 Å². The van der Waals surface area contributed by atoms with Crippen LogP contribution in [0.25, 0.3) is 0 Å². The highest BCUT2D eigenvalue weighted by Crippen LogP contribution is 2.45. The van der Waals surface area contributed by atoms with Gasteiger partial charge in [0.15, 0.2) is 0 Å². The topological polar surface area (TPSA) is 67.4 Å². The largest absolute Gasteiger partial charge is 0.491 e. The summed E-state index contributed by atoms with van der Waals surface area (Å²) in [6.45, 7) is 2.49. The summed E-state index contributed by atoms with van der Waals surface area (Å²) in [6.07, 6.45) is 0. The summed E-state index contributed by atoms with van der Waals surface area (Å²) >= 11 is 0. The molecule has 1 aliphatic rings. The van der Waals surface area contributed by atoms with E-state index in [9.17, 15) is 9.59 Å². The predicted octanol–water partition coefficient (Wildman–Crippen LogP) is 2.10. The minimum Gasteiger partial charge on any atom is -0.491 e. The smallest absolute Gasteiger partial charge is 0.254 e. The molecule has 0 aromatic heterocycles. The van der Waals surface area contributed by atoms with Gasteiger partial charge in [-0.1, -0.05) is 30.3 Å². The zero-order chi connectivity index (χ0) is 17.3. The molecule has 0 fully saturated rings. The van der Waals surface area contributed by atoms with Crippen LogP contribution in [-0.2, 0) is 5.41 Å². The molecule has 2 N–H and O–H groups in total. The zero-order valence-electron chi connectivity index (χ0n) is 14.0. The second-order valence-corrected chi connectivity index (χ2v) is 6.05. The van der Waals surface area contributed by atoms with Crippen LogP contribution in [0.2, 0.25) is 0 Å². The average Bonchev–Trinajstić information content (AvgIpc) is 2.98. The highest BCUT2D eigenvalue weighted by molar-refractivity contribution is 6.02. The number of benzene rings is 2. The van der Waals surface area contributed by atoms with Crippen molar-refractivity contribution in [1.82, 2.24) is 10.6 Å². The van der Waals surface area contributed by atoms with E-state index in [2.05, 4.69) is 17.6 Å². The maximum absolute atomic E-state index is 12.3. The summed E-state index contributed by atoms with van der Waals surface area (Å²) in [7, 11) is 3.13. The van der Waals surface area contributed by atoms with E-state index >= 15 is 0 Å². The van der Waals surface area contributed by atoms with E-state index in [0.29, 0.717) is 23.5 Å². The van der Waals surface area contributed by atoms with Crippen molar-refractivity contribution in [3.63, 3.8) is 0 Å². The first-order valence-electron chi connectivity index (χ1n) is 7.82. The lowest BCUT2D eigenvalue weighted by molar-refractivity contribution is 0.0959. The monoisotopic (exact) mass is 324 g/mol. The first-order valence-corrected chi connectivity index (χ1v) is 7.82. The zero-order valence-corrected chi connectivity index (χ0v) is 14.0. The molecule has 5 heteroatoms. The van der Waals surface area contributed by atoms with E-state index in [4.69, 9.17) is 4.74 Å². The third-order valence-electron chi connectivity index (χ3n) is 4.56. The van der Waals surface area contributed by atoms with Gasteiger partial charge in [-0.2, -0.15) is 0 Å². The van der Waals surface area contributed by atoms with Crippen molar-refractivity contribution < 1.29 is 14.3 Å². The Bertz CT molecular complexity index is 802. The molecule has 0 aliphatic carbocycles. The van der Waals surface area contributed by atoms with E-state index in [1.807, 2.05) is 36.4 Å². The second kappa shape index (κ2) is 6.00. The highest BCUT2D eigenvalue weighted by atomic mass is 16.5. The normalized spacial score (nSPS) is 18.5. The third-order valence-corrected chi connectivity index (χ3v) is 4.56. The summed E-state index contributed by atoms with van der Waals surface area (Å²) in [5.41, 5.74) is 2.36. The van der Waals surface area contributed by atoms with E-state index < -0.39 is 5.41 Å². The van der Waals surface area contributed by atoms with Crippen LogP contribution in [0.4, 0.5) is 0 Å². The van der Waals surface area contributed by atoms with Gasteiger partial charge < -0.3 is 15.4 Å². The molecule has 0 radical (unpaired) electrons. The lowest BCUT2D eigenvalue weighted by atomic mass is 9.77. The number of rotatable bonds is 3. The van der Waals surface area contributed by atoms with Gasteiger partial charge in [0, 0.05) is 25.2 Å². The quantitative estimate of drug-likeness (QED) is 0.908. The van der Waals surface area contributed by atoms with E-state index in [1.165, 1.54) is 0 Å². The molecule has 1 aliphatic heterocycles. The standard InChI is InChI=1S/C19H20N2O3/c1-19(13-7-5-4-6-8-13)11-24-16-14(18(23)21-3)9-12(10-15(16)19)17(22)20-2/h4-10H,11H2,1-3H3,(H,20,22)(H,21,23)/t19-/m0/s1. The summed E-state index contributed by atoms with van der Waals surface area (Å²) in [4.78, 5) is 24.4. The molecule has 1 atom stereocenters. The number of carbonyl (C=O) groups is 2. The van der Waals surface area contributed by atoms with Gasteiger partial charge in [-0.3, -0.25) is 9.59 Å². The first-order chi connectivity index (χ1) is 11.5. The van der Waals surface area contributed by atoms with Gasteiger partial charge in [-0.15, -0.1) is 0 Å². The minimum absolute atomic E-state index is 0.231. The van der Waals surface area contributed by atoms with E-state index in [0.717, 1.165) is 11.1 Å². The fourth-order valence-electron chi connectivity index (χ4n) is 3.11. The van der Waals surface area contributed by atoms with Crippen LogP contribution in [0.3, 0.4) is 0 Å². The minimum atomic E-state index is -0.413. The van der Waals surface area contributed by atoms with Crippen molar-refractivity contribution in [3.8, 4) is 5.75 Å². The Morgan fingerprint density at radius 2 is 1.71 bits per heavy atom. The first kappa shape index (κ1) is 16.1. The Morgan fingerprint density at radius 3 is 2.33 bits per heavy atom. The number of ether oxygens (including phenoxy) is 1. The van der Waals surface area contributed by atoms with Crippen LogP contribution >= 0.6 is 0 Å². The molecule has 3 rings (SSSR count). The van der Waals surface area contributed by atoms with Crippen molar-refractivity contribution in [1.29, 1.82) is 0 Å². The summed E-state index contributed by atoms with van der Waals surface area (Å²) < 4.78 is 5.90. The molecule has 5 nitrogen and oxygen atoms in total. The van der Waals surface area contributed by atoms with Gasteiger partial charge in [0.1, 0.15) is 12.4 Å². The third kappa shape index (κ3) is 2.42. The van der Waals surface area contributed by atoms with Gasteiger partial charge in [0.05, 0.1) is 11.0 Å². The molecule has 0 bridgehead atoms. The molecule has 2 aromatic rings. The number of carbonyl (C=O) groups excluding carboxylic acids is 2. The van der Waals surface area contributed by atoms with Gasteiger partial charge in [-0.25, -0.2) is 0 Å². The van der Waals surface area contributed by atoms with Crippen LogP contribution in [-0.4, -0.2) is 32.5 Å². The van der Waals surface area contributed by atoms with Crippen LogP contribution in [0.1, 0.15) is 38.8 Å². The molecular weight excluding hydrogens is 304 g/mol. The van der Waals surface area contributed by atoms with E-state index in [-0.39, 0.29) is 11.8 Å². The van der Waals surface area contributed by atoms with Crippen LogP contribution in [0.15, 0.2) is 42.5 Å². The number of fused-ring (bicyclic) bond motifs is 1. The van der Waals surface area contributed by atoms with Crippen molar-refractivity contribution in [2.75, 3.05) is 20.7 Å². The number of hydrogen-bond acceptors (Lipinski definition) is 3. The molecule has 2 amide bonds. The fourth-order valence-corrected chi connectivity index (χ4v) is 3.11. The van der Waals surface area contributed by atoms with Crippen molar-refractivity contribution in [3.05, 3.63) is 64.7 Å². The van der Waals surface area contributed by atoms with Crippen LogP contribution < -0.4 is 15.4 Å². The Morgan fingerprint density at radius 1 is 1.04 bits per heavy atom. The molecule has 0 spiro atoms. The average molecular weight is 324 g/mol. The Kier molecular flexibility index (Phi) is 4.01. The molecule has 0 saturated carbocycles. The molecule has 0 saturated heterocycles. The van der Waals surface area contributed by atoms with Gasteiger partial charge in [0.25, 0.3) is 11.8 Å². The Labute approximate surface area is 141 Å². The van der Waals surface area contributed by atoms with Gasteiger partial charge >= 0.3 is 0 Å². The van der Waals surface area contributed by atoms with E-state index in [1.54, 1.807) is 20.2 Å². The Hall–Kier alpha value is -2.82. The molecular formula is C19H20N2O3. The number of hydrogen-bond donors (Lipinski definition) is 2. The SMILES string of the molecule is CNC(=O)c1cc(C(=O)NC)c2c(c1)[C@](C)(c1ccccc1)CO2. The van der Waals surface area contributed by atoms with Crippen molar-refractivity contribution >= 4 is 11.8 Å². The molecule has 1 heterocycles. The maximum atomic E-state index is 12.3. The Balaban J connectivity index is 2.23. The van der Waals surface area contributed by atoms with Gasteiger partial charge in [-0.05, 0) is 24.6 Å². The highest BCUT2D eigenvalue weighted by Gasteiger charge is 2.40. The molecule has 2 aromatic carbocycles. The molecule has 24 heavy (non-hydrogen) atoms. The predicted molar refractivity (Wildman–Crippen MR) is 91.6 cm³/mol. The summed E-state index contributed by atoms with van der Waals surface area (Å²) in [6, 6.07) is 13.4. The second-order valence-electron chi connectivity index (χ2n) is 6.05. The lowest BCUT2D eigenvalue weighted by Crippen LogP contribution is -2.26. The fraction of sp³-hybridized carbons (Fsp3) is 0.263. The molecule has 124 valence electrons. The summed E-state index contributed by atoms with van der Waals surface area (Å²) in [5, 5.41) is 5.22. The summed E-state index contributed by atoms with van der Waals surface area (Å²) in [5.74, 6) is 0.0490. The number of amides is 2. The maximum Gasteiger partial charge on any atom is 0.254 e. The van der Waals surface area contributed by atoms with Crippen molar-refractivity contribution in [2.45, 2.75) is 12.3 Å². The van der Waals surface area contributed by atoms with Crippen LogP contribution in [0, 0.1) is 0 Å². The molecule has 0 unspecified atom stereocenters. The number of nitrogens with one attached hydrogen (secondary N) is 2. The van der Waals surface area contributed by atoms with Gasteiger partial charge in [0.2, 0.25) is 0 Å². The lowest BCUT2D eigenvalue weighted by Gasteiger charge is -2.24.